The molecule has 0 saturated heterocycles. The summed E-state index contributed by atoms with van der Waals surface area (Å²) in [6.45, 7) is 0. The van der Waals surface area contributed by atoms with E-state index in [9.17, 15) is 23.3 Å². The van der Waals surface area contributed by atoms with Crippen LogP contribution in [0.15, 0.2) is 12.3 Å². The van der Waals surface area contributed by atoms with Gasteiger partial charge in [0, 0.05) is 6.20 Å². The molecule has 5 nitrogen and oxygen atoms in total. The fourth-order valence-electron chi connectivity index (χ4n) is 0.852. The molecule has 0 unspecified atom stereocenters. The van der Waals surface area contributed by atoms with Crippen LogP contribution in [0.2, 0.25) is 0 Å². The van der Waals surface area contributed by atoms with Crippen LogP contribution in [-0.4, -0.2) is 15.0 Å². The maximum Gasteiger partial charge on any atom is 0.423 e. The second-order valence-corrected chi connectivity index (χ2v) is 2.29. The first-order chi connectivity index (χ1) is 6.34. The summed E-state index contributed by atoms with van der Waals surface area (Å²) in [6.07, 6.45) is -4.24. The molecule has 14 heavy (non-hydrogen) atoms. The van der Waals surface area contributed by atoms with Gasteiger partial charge in [-0.1, -0.05) is 0 Å². The van der Waals surface area contributed by atoms with Crippen LogP contribution in [0.25, 0.3) is 0 Å². The van der Waals surface area contributed by atoms with Crippen LogP contribution in [0.1, 0.15) is 5.56 Å². The van der Waals surface area contributed by atoms with Crippen LogP contribution in [0, 0.1) is 10.1 Å². The molecule has 1 heterocycles. The second-order valence-electron chi connectivity index (χ2n) is 2.29. The third kappa shape index (κ3) is 1.73. The number of pyridine rings is 1. The van der Waals surface area contributed by atoms with Crippen molar-refractivity contribution >= 4 is 5.69 Å². The Morgan fingerprint density at radius 1 is 1.50 bits per heavy atom. The average Bonchev–Trinajstić information content (AvgIpc) is 2.01. The number of nitro groups is 1. The lowest BCUT2D eigenvalue weighted by molar-refractivity contribution is -0.389. The highest BCUT2D eigenvalue weighted by Gasteiger charge is 2.40. The molecule has 1 aromatic rings. The number of hydrogen-bond donors (Lipinski definition) is 1. The molecule has 0 saturated carbocycles. The molecule has 0 aliphatic rings. The quantitative estimate of drug-likeness (QED) is 0.563. The summed E-state index contributed by atoms with van der Waals surface area (Å²) < 4.78 is 36.4. The lowest BCUT2D eigenvalue weighted by Crippen LogP contribution is -2.09. The van der Waals surface area contributed by atoms with Crippen LogP contribution in [0.3, 0.4) is 0 Å². The number of rotatable bonds is 1. The number of aromatic nitrogens is 1. The Balaban J connectivity index is 3.44. The number of halogens is 3. The van der Waals surface area contributed by atoms with Gasteiger partial charge in [0.25, 0.3) is 5.88 Å². The normalized spacial score (nSPS) is 11.4. The molecule has 0 amide bonds. The summed E-state index contributed by atoms with van der Waals surface area (Å²) in [6, 6.07) is 0.428. The van der Waals surface area contributed by atoms with Gasteiger partial charge in [-0.2, -0.15) is 13.2 Å². The van der Waals surface area contributed by atoms with Crippen LogP contribution in [0.4, 0.5) is 18.9 Å². The van der Waals surface area contributed by atoms with Crippen molar-refractivity contribution in [1.82, 2.24) is 4.98 Å². The Morgan fingerprint density at radius 2 is 2.07 bits per heavy atom. The fourth-order valence-corrected chi connectivity index (χ4v) is 0.852. The zero-order chi connectivity index (χ0) is 10.9. The lowest BCUT2D eigenvalue weighted by atomic mass is 10.2. The van der Waals surface area contributed by atoms with Gasteiger partial charge < -0.3 is 5.11 Å². The van der Waals surface area contributed by atoms with E-state index in [1.165, 1.54) is 0 Å². The van der Waals surface area contributed by atoms with Gasteiger partial charge in [0.15, 0.2) is 0 Å². The zero-order valence-corrected chi connectivity index (χ0v) is 6.45. The third-order valence-electron chi connectivity index (χ3n) is 1.39. The lowest BCUT2D eigenvalue weighted by Gasteiger charge is -2.06. The maximum atomic E-state index is 12.1. The maximum absolute atomic E-state index is 12.1. The van der Waals surface area contributed by atoms with E-state index < -0.39 is 28.2 Å². The summed E-state index contributed by atoms with van der Waals surface area (Å²) in [5.41, 5.74) is -2.95. The van der Waals surface area contributed by atoms with E-state index in [0.717, 1.165) is 0 Å². The largest absolute Gasteiger partial charge is 0.488 e. The predicted molar refractivity (Wildman–Crippen MR) is 37.6 cm³/mol. The average molecular weight is 208 g/mol. The highest BCUT2D eigenvalue weighted by molar-refractivity contribution is 5.48. The SMILES string of the molecule is O=[N+]([O-])c1c(C(F)(F)F)ccnc1O. The Hall–Kier alpha value is -1.86. The number of hydrogen-bond acceptors (Lipinski definition) is 4. The highest BCUT2D eigenvalue weighted by Crippen LogP contribution is 2.39. The van der Waals surface area contributed by atoms with E-state index >= 15 is 0 Å². The van der Waals surface area contributed by atoms with Crippen molar-refractivity contribution in [1.29, 1.82) is 0 Å². The Labute approximate surface area is 75.0 Å². The minimum absolute atomic E-state index is 0.428. The van der Waals surface area contributed by atoms with Gasteiger partial charge in [-0.25, -0.2) is 4.98 Å². The van der Waals surface area contributed by atoms with Crippen LogP contribution in [0.5, 0.6) is 5.88 Å². The molecule has 1 N–H and O–H groups in total. The molecule has 0 fully saturated rings. The van der Waals surface area contributed by atoms with Crippen molar-refractivity contribution in [2.75, 3.05) is 0 Å². The Bertz CT molecular complexity index is 377. The summed E-state index contributed by atoms with van der Waals surface area (Å²) in [4.78, 5) is 11.9. The molecule has 0 aliphatic heterocycles. The number of aromatic hydroxyl groups is 1. The molecular formula is C6H3F3N2O3. The summed E-state index contributed by atoms with van der Waals surface area (Å²) in [7, 11) is 0. The van der Waals surface area contributed by atoms with Crippen molar-refractivity contribution in [2.45, 2.75) is 6.18 Å². The molecule has 0 atom stereocenters. The van der Waals surface area contributed by atoms with E-state index in [1.54, 1.807) is 0 Å². The molecule has 0 spiro atoms. The molecule has 0 aliphatic carbocycles. The van der Waals surface area contributed by atoms with E-state index in [-0.39, 0.29) is 0 Å². The van der Waals surface area contributed by atoms with Gasteiger partial charge in [0.2, 0.25) is 0 Å². The third-order valence-corrected chi connectivity index (χ3v) is 1.39. The summed E-state index contributed by atoms with van der Waals surface area (Å²) >= 11 is 0. The molecule has 0 radical (unpaired) electrons. The highest BCUT2D eigenvalue weighted by atomic mass is 19.4. The fraction of sp³-hybridized carbons (Fsp3) is 0.167. The molecule has 0 aromatic carbocycles. The van der Waals surface area contributed by atoms with Gasteiger partial charge in [-0.15, -0.1) is 0 Å². The van der Waals surface area contributed by atoms with Gasteiger partial charge in [-0.05, 0) is 6.07 Å². The minimum Gasteiger partial charge on any atom is -0.488 e. The van der Waals surface area contributed by atoms with Crippen molar-refractivity contribution in [2.24, 2.45) is 0 Å². The molecule has 1 aromatic heterocycles. The van der Waals surface area contributed by atoms with Crippen LogP contribution in [-0.2, 0) is 6.18 Å². The van der Waals surface area contributed by atoms with E-state index in [4.69, 9.17) is 5.11 Å². The molecule has 1 rings (SSSR count). The molecule has 8 heteroatoms. The number of alkyl halides is 3. The first-order valence-electron chi connectivity index (χ1n) is 3.23. The smallest absolute Gasteiger partial charge is 0.423 e. The molecule has 76 valence electrons. The van der Waals surface area contributed by atoms with Crippen molar-refractivity contribution in [3.8, 4) is 5.88 Å². The van der Waals surface area contributed by atoms with E-state index in [0.29, 0.717) is 12.3 Å². The van der Waals surface area contributed by atoms with E-state index in [1.807, 2.05) is 0 Å². The summed E-state index contributed by atoms with van der Waals surface area (Å²) in [5, 5.41) is 19.0. The summed E-state index contributed by atoms with van der Waals surface area (Å²) in [5.74, 6) is -1.25. The first-order valence-corrected chi connectivity index (χ1v) is 3.23. The monoisotopic (exact) mass is 208 g/mol. The zero-order valence-electron chi connectivity index (χ0n) is 6.45. The predicted octanol–water partition coefficient (Wildman–Crippen LogP) is 1.71. The topological polar surface area (TPSA) is 76.3 Å². The first kappa shape index (κ1) is 10.2. The van der Waals surface area contributed by atoms with Gasteiger partial charge in [0.05, 0.1) is 4.92 Å². The van der Waals surface area contributed by atoms with Crippen LogP contribution >= 0.6 is 0 Å². The molecule has 0 bridgehead atoms. The van der Waals surface area contributed by atoms with Crippen LogP contribution < -0.4 is 0 Å². The Morgan fingerprint density at radius 3 is 2.43 bits per heavy atom. The second kappa shape index (κ2) is 3.13. The van der Waals surface area contributed by atoms with Gasteiger partial charge in [-0.3, -0.25) is 10.1 Å². The van der Waals surface area contributed by atoms with E-state index in [2.05, 4.69) is 4.98 Å². The number of nitrogens with zero attached hydrogens (tertiary/aromatic N) is 2. The Kier molecular flexibility index (Phi) is 2.28. The van der Waals surface area contributed by atoms with Gasteiger partial charge >= 0.3 is 11.9 Å². The van der Waals surface area contributed by atoms with Crippen molar-refractivity contribution in [3.63, 3.8) is 0 Å². The van der Waals surface area contributed by atoms with Gasteiger partial charge in [0.1, 0.15) is 5.56 Å². The van der Waals surface area contributed by atoms with Crippen molar-refractivity contribution in [3.05, 3.63) is 27.9 Å². The standard InChI is InChI=1S/C6H3F3N2O3/c7-6(8,9)3-1-2-10-5(12)4(3)11(13)14/h1-2H,(H,10,12). The van der Waals surface area contributed by atoms with Crippen molar-refractivity contribution < 1.29 is 23.2 Å². The molecular weight excluding hydrogens is 205 g/mol. The minimum atomic E-state index is -4.89.